The van der Waals surface area contributed by atoms with Crippen molar-refractivity contribution in [2.24, 2.45) is 5.92 Å². The SMILES string of the molecule is CCOC(=O)[C@@H](C#N)[C@H](c1ccc(OC)cc1)c1ccc2c(c1)OCO2. The number of hydrogen-bond donors (Lipinski definition) is 0. The minimum atomic E-state index is -0.983. The summed E-state index contributed by atoms with van der Waals surface area (Å²) >= 11 is 0. The Hall–Kier alpha value is -3.20. The number of rotatable bonds is 6. The summed E-state index contributed by atoms with van der Waals surface area (Å²) in [6.45, 7) is 2.09. The standard InChI is InChI=1S/C20H19NO5/c1-3-24-20(22)16(11-21)19(13-4-7-15(23-2)8-5-13)14-6-9-17-18(10-14)26-12-25-17/h4-10,16,19H,3,12H2,1-2H3/t16-,19+/m0/s1. The maximum Gasteiger partial charge on any atom is 0.324 e. The summed E-state index contributed by atoms with van der Waals surface area (Å²) in [5, 5.41) is 9.68. The maximum atomic E-state index is 12.4. The molecule has 2 atom stereocenters. The van der Waals surface area contributed by atoms with Gasteiger partial charge in [0.1, 0.15) is 5.75 Å². The third-order valence-corrected chi connectivity index (χ3v) is 4.24. The molecule has 1 aliphatic rings. The van der Waals surface area contributed by atoms with Gasteiger partial charge in [-0.05, 0) is 42.3 Å². The zero-order chi connectivity index (χ0) is 18.5. The van der Waals surface area contributed by atoms with Crippen LogP contribution in [0.25, 0.3) is 0 Å². The van der Waals surface area contributed by atoms with E-state index in [-0.39, 0.29) is 13.4 Å². The van der Waals surface area contributed by atoms with Crippen molar-refractivity contribution in [2.75, 3.05) is 20.5 Å². The van der Waals surface area contributed by atoms with Crippen LogP contribution in [-0.2, 0) is 9.53 Å². The van der Waals surface area contributed by atoms with Gasteiger partial charge in [0.25, 0.3) is 0 Å². The minimum absolute atomic E-state index is 0.158. The monoisotopic (exact) mass is 353 g/mol. The molecule has 0 spiro atoms. The predicted octanol–water partition coefficient (Wildman–Crippen LogP) is 3.26. The number of hydrogen-bond acceptors (Lipinski definition) is 6. The number of nitriles is 1. The molecule has 0 radical (unpaired) electrons. The van der Waals surface area contributed by atoms with E-state index in [9.17, 15) is 10.1 Å². The number of nitrogens with zero attached hydrogens (tertiary/aromatic N) is 1. The molecule has 0 unspecified atom stereocenters. The van der Waals surface area contributed by atoms with Gasteiger partial charge in [0.05, 0.1) is 19.8 Å². The van der Waals surface area contributed by atoms with Gasteiger partial charge in [-0.1, -0.05) is 18.2 Å². The minimum Gasteiger partial charge on any atom is -0.497 e. The molecule has 1 heterocycles. The van der Waals surface area contributed by atoms with Crippen LogP contribution in [0.3, 0.4) is 0 Å². The van der Waals surface area contributed by atoms with Crippen LogP contribution in [0.5, 0.6) is 17.2 Å². The van der Waals surface area contributed by atoms with Gasteiger partial charge in [-0.25, -0.2) is 0 Å². The lowest BCUT2D eigenvalue weighted by Crippen LogP contribution is -2.24. The number of fused-ring (bicyclic) bond motifs is 1. The molecule has 0 amide bonds. The second kappa shape index (κ2) is 7.79. The van der Waals surface area contributed by atoms with Crippen LogP contribution in [0.2, 0.25) is 0 Å². The molecule has 0 saturated heterocycles. The Balaban J connectivity index is 2.05. The zero-order valence-corrected chi connectivity index (χ0v) is 14.6. The Morgan fingerprint density at radius 2 is 1.85 bits per heavy atom. The number of carbonyl (C=O) groups is 1. The highest BCUT2D eigenvalue weighted by atomic mass is 16.7. The van der Waals surface area contributed by atoms with Crippen LogP contribution >= 0.6 is 0 Å². The number of carbonyl (C=O) groups excluding carboxylic acids is 1. The van der Waals surface area contributed by atoms with Gasteiger partial charge in [-0.15, -0.1) is 0 Å². The van der Waals surface area contributed by atoms with Crippen LogP contribution in [0.15, 0.2) is 42.5 Å². The van der Waals surface area contributed by atoms with E-state index in [0.29, 0.717) is 17.2 Å². The lowest BCUT2D eigenvalue weighted by Gasteiger charge is -2.22. The molecule has 0 N–H and O–H groups in total. The van der Waals surface area contributed by atoms with E-state index < -0.39 is 17.8 Å². The third kappa shape index (κ3) is 3.42. The Bertz CT molecular complexity index is 825. The molecule has 1 aliphatic heterocycles. The molecular weight excluding hydrogens is 334 g/mol. The Kier molecular flexibility index (Phi) is 5.28. The molecule has 26 heavy (non-hydrogen) atoms. The summed E-state index contributed by atoms with van der Waals surface area (Å²) in [5.74, 6) is -0.0899. The van der Waals surface area contributed by atoms with Gasteiger partial charge in [0.2, 0.25) is 6.79 Å². The normalized spacial score (nSPS) is 14.2. The third-order valence-electron chi connectivity index (χ3n) is 4.24. The second-order valence-electron chi connectivity index (χ2n) is 5.72. The van der Waals surface area contributed by atoms with Crippen LogP contribution in [0.4, 0.5) is 0 Å². The molecule has 6 heteroatoms. The van der Waals surface area contributed by atoms with Crippen LogP contribution in [0, 0.1) is 17.2 Å². The smallest absolute Gasteiger partial charge is 0.324 e. The van der Waals surface area contributed by atoms with Crippen LogP contribution < -0.4 is 14.2 Å². The van der Waals surface area contributed by atoms with Crippen molar-refractivity contribution >= 4 is 5.97 Å². The number of benzene rings is 2. The Morgan fingerprint density at radius 3 is 2.50 bits per heavy atom. The van der Waals surface area contributed by atoms with Crippen LogP contribution in [-0.4, -0.2) is 26.5 Å². The molecule has 134 valence electrons. The van der Waals surface area contributed by atoms with Gasteiger partial charge >= 0.3 is 5.97 Å². The molecule has 0 aromatic heterocycles. The van der Waals surface area contributed by atoms with Gasteiger partial charge in [-0.3, -0.25) is 4.79 Å². The molecule has 0 bridgehead atoms. The Labute approximate surface area is 151 Å². The topological polar surface area (TPSA) is 77.8 Å². The summed E-state index contributed by atoms with van der Waals surface area (Å²) in [6.07, 6.45) is 0. The van der Waals surface area contributed by atoms with E-state index in [4.69, 9.17) is 18.9 Å². The molecular formula is C20H19NO5. The lowest BCUT2D eigenvalue weighted by atomic mass is 9.81. The van der Waals surface area contributed by atoms with Crippen LogP contribution in [0.1, 0.15) is 24.0 Å². The van der Waals surface area contributed by atoms with E-state index in [1.54, 1.807) is 38.3 Å². The van der Waals surface area contributed by atoms with Crippen molar-refractivity contribution in [3.63, 3.8) is 0 Å². The Morgan fingerprint density at radius 1 is 1.15 bits per heavy atom. The molecule has 2 aromatic rings. The fraction of sp³-hybridized carbons (Fsp3) is 0.300. The molecule has 0 saturated carbocycles. The lowest BCUT2D eigenvalue weighted by molar-refractivity contribution is -0.146. The average molecular weight is 353 g/mol. The zero-order valence-electron chi connectivity index (χ0n) is 14.6. The largest absolute Gasteiger partial charge is 0.497 e. The summed E-state index contributed by atoms with van der Waals surface area (Å²) in [5.41, 5.74) is 1.59. The second-order valence-corrected chi connectivity index (χ2v) is 5.72. The summed E-state index contributed by atoms with van der Waals surface area (Å²) < 4.78 is 21.1. The fourth-order valence-electron chi connectivity index (χ4n) is 2.99. The molecule has 0 aliphatic carbocycles. The van der Waals surface area contributed by atoms with Crippen molar-refractivity contribution in [1.82, 2.24) is 0 Å². The summed E-state index contributed by atoms with van der Waals surface area (Å²) in [7, 11) is 1.58. The van der Waals surface area contributed by atoms with E-state index in [2.05, 4.69) is 6.07 Å². The number of ether oxygens (including phenoxy) is 4. The predicted molar refractivity (Wildman–Crippen MR) is 93.1 cm³/mol. The van der Waals surface area contributed by atoms with E-state index in [0.717, 1.165) is 11.1 Å². The quantitative estimate of drug-likeness (QED) is 0.742. The first-order valence-electron chi connectivity index (χ1n) is 8.27. The number of methoxy groups -OCH3 is 1. The number of esters is 1. The van der Waals surface area contributed by atoms with Crippen molar-refractivity contribution in [3.8, 4) is 23.3 Å². The maximum absolute atomic E-state index is 12.4. The first-order chi connectivity index (χ1) is 12.7. The highest BCUT2D eigenvalue weighted by Crippen LogP contribution is 2.39. The van der Waals surface area contributed by atoms with E-state index in [1.807, 2.05) is 18.2 Å². The molecule has 0 fully saturated rings. The first-order valence-corrected chi connectivity index (χ1v) is 8.27. The van der Waals surface area contributed by atoms with Crippen molar-refractivity contribution in [2.45, 2.75) is 12.8 Å². The van der Waals surface area contributed by atoms with Crippen molar-refractivity contribution < 1.29 is 23.7 Å². The summed E-state index contributed by atoms with van der Waals surface area (Å²) in [6, 6.07) is 14.8. The van der Waals surface area contributed by atoms with Gasteiger partial charge in [0.15, 0.2) is 17.4 Å². The fourth-order valence-corrected chi connectivity index (χ4v) is 2.99. The van der Waals surface area contributed by atoms with Gasteiger partial charge in [-0.2, -0.15) is 5.26 Å². The van der Waals surface area contributed by atoms with Crippen molar-refractivity contribution in [1.29, 1.82) is 5.26 Å². The molecule has 2 aromatic carbocycles. The molecule has 6 nitrogen and oxygen atoms in total. The van der Waals surface area contributed by atoms with Crippen molar-refractivity contribution in [3.05, 3.63) is 53.6 Å². The highest BCUT2D eigenvalue weighted by Gasteiger charge is 2.33. The van der Waals surface area contributed by atoms with E-state index in [1.165, 1.54) is 0 Å². The average Bonchev–Trinajstić information content (AvgIpc) is 3.14. The first kappa shape index (κ1) is 17.6. The van der Waals surface area contributed by atoms with E-state index >= 15 is 0 Å². The van der Waals surface area contributed by atoms with Gasteiger partial charge < -0.3 is 18.9 Å². The summed E-state index contributed by atoms with van der Waals surface area (Å²) in [4.78, 5) is 12.4. The van der Waals surface area contributed by atoms with Gasteiger partial charge in [0, 0.05) is 5.92 Å². The highest BCUT2D eigenvalue weighted by molar-refractivity contribution is 5.77. The molecule has 3 rings (SSSR count).